The number of pyridine rings is 1. The summed E-state index contributed by atoms with van der Waals surface area (Å²) in [5, 5.41) is 5.42. The maximum Gasteiger partial charge on any atom is 0.214 e. The van der Waals surface area contributed by atoms with E-state index in [0.29, 0.717) is 11.7 Å². The largest absolute Gasteiger partial charge is 0.481 e. The molecule has 0 bridgehead atoms. The summed E-state index contributed by atoms with van der Waals surface area (Å²) in [7, 11) is 1.57. The van der Waals surface area contributed by atoms with E-state index in [9.17, 15) is 4.39 Å². The lowest BCUT2D eigenvalue weighted by Gasteiger charge is -2.14. The zero-order valence-electron chi connectivity index (χ0n) is 16.4. The van der Waals surface area contributed by atoms with E-state index in [4.69, 9.17) is 4.74 Å². The SMILES string of the molecule is COc1cccc(NCC(F)Cn2c3ccc(C)cc3c3cc(C)ccc32)n1. The molecular weight excluding hydrogens is 353 g/mol. The lowest BCUT2D eigenvalue weighted by atomic mass is 10.1. The fourth-order valence-electron chi connectivity index (χ4n) is 3.63. The Bertz CT molecular complexity index is 1080. The molecule has 0 saturated heterocycles. The molecule has 0 aliphatic heterocycles. The third-order valence-corrected chi connectivity index (χ3v) is 4.99. The Morgan fingerprint density at radius 1 is 1.00 bits per heavy atom. The Kier molecular flexibility index (Phi) is 4.90. The second-order valence-electron chi connectivity index (χ2n) is 7.20. The third-order valence-electron chi connectivity index (χ3n) is 4.99. The van der Waals surface area contributed by atoms with Gasteiger partial charge in [-0.15, -0.1) is 0 Å². The molecule has 0 aliphatic rings. The van der Waals surface area contributed by atoms with Crippen molar-refractivity contribution in [2.45, 2.75) is 26.6 Å². The van der Waals surface area contributed by atoms with Gasteiger partial charge in [0.05, 0.1) is 13.7 Å². The quantitative estimate of drug-likeness (QED) is 0.498. The number of methoxy groups -OCH3 is 1. The number of nitrogens with one attached hydrogen (secondary N) is 1. The van der Waals surface area contributed by atoms with Crippen LogP contribution in [0, 0.1) is 13.8 Å². The van der Waals surface area contributed by atoms with Gasteiger partial charge in [-0.3, -0.25) is 0 Å². The van der Waals surface area contributed by atoms with Crippen LogP contribution in [0.25, 0.3) is 21.8 Å². The van der Waals surface area contributed by atoms with Crippen molar-refractivity contribution in [3.8, 4) is 5.88 Å². The van der Waals surface area contributed by atoms with Crippen LogP contribution in [0.5, 0.6) is 5.88 Å². The fourth-order valence-corrected chi connectivity index (χ4v) is 3.63. The summed E-state index contributed by atoms with van der Waals surface area (Å²) in [5.74, 6) is 1.11. The predicted octanol–water partition coefficient (Wildman–Crippen LogP) is 5.27. The van der Waals surface area contributed by atoms with Crippen molar-refractivity contribution in [1.29, 1.82) is 0 Å². The first-order valence-electron chi connectivity index (χ1n) is 9.43. The number of benzene rings is 2. The summed E-state index contributed by atoms with van der Waals surface area (Å²) >= 11 is 0. The van der Waals surface area contributed by atoms with Crippen LogP contribution in [0.15, 0.2) is 54.6 Å². The number of hydrogen-bond donors (Lipinski definition) is 1. The Hall–Kier alpha value is -3.08. The fraction of sp³-hybridized carbons (Fsp3) is 0.261. The molecule has 0 amide bonds. The van der Waals surface area contributed by atoms with Gasteiger partial charge in [-0.1, -0.05) is 29.3 Å². The zero-order chi connectivity index (χ0) is 19.7. The Morgan fingerprint density at radius 2 is 1.64 bits per heavy atom. The monoisotopic (exact) mass is 377 g/mol. The summed E-state index contributed by atoms with van der Waals surface area (Å²) in [4.78, 5) is 4.27. The highest BCUT2D eigenvalue weighted by Crippen LogP contribution is 2.31. The molecule has 0 fully saturated rings. The second kappa shape index (κ2) is 7.50. The van der Waals surface area contributed by atoms with E-state index in [1.54, 1.807) is 19.2 Å². The van der Waals surface area contributed by atoms with Crippen LogP contribution in [-0.2, 0) is 6.54 Å². The second-order valence-corrected chi connectivity index (χ2v) is 7.20. The average Bonchev–Trinajstić information content (AvgIpc) is 2.99. The van der Waals surface area contributed by atoms with Crippen molar-refractivity contribution < 1.29 is 9.13 Å². The summed E-state index contributed by atoms with van der Waals surface area (Å²) < 4.78 is 22.1. The number of halogens is 1. The number of ether oxygens (including phenoxy) is 1. The van der Waals surface area contributed by atoms with Gasteiger partial charge >= 0.3 is 0 Å². The Labute approximate surface area is 164 Å². The summed E-state index contributed by atoms with van der Waals surface area (Å²) in [6.45, 7) is 4.63. The zero-order valence-corrected chi connectivity index (χ0v) is 16.4. The number of aromatic nitrogens is 2. The van der Waals surface area contributed by atoms with Crippen LogP contribution < -0.4 is 10.1 Å². The smallest absolute Gasteiger partial charge is 0.214 e. The van der Waals surface area contributed by atoms with Crippen LogP contribution in [-0.4, -0.2) is 29.4 Å². The first kappa shape index (κ1) is 18.3. The van der Waals surface area contributed by atoms with Crippen molar-refractivity contribution in [1.82, 2.24) is 9.55 Å². The van der Waals surface area contributed by atoms with Gasteiger partial charge in [0, 0.05) is 34.4 Å². The lowest BCUT2D eigenvalue weighted by molar-refractivity contribution is 0.315. The number of rotatable bonds is 6. The summed E-state index contributed by atoms with van der Waals surface area (Å²) in [6.07, 6.45) is -1.06. The number of nitrogens with zero attached hydrogens (tertiary/aromatic N) is 2. The van der Waals surface area contributed by atoms with E-state index in [1.165, 1.54) is 21.9 Å². The van der Waals surface area contributed by atoms with Crippen LogP contribution in [0.2, 0.25) is 0 Å². The topological polar surface area (TPSA) is 39.1 Å². The molecule has 0 saturated carbocycles. The standard InChI is InChI=1S/C23H24FN3O/c1-15-7-9-20-18(11-15)19-12-16(2)8-10-21(19)27(20)14-17(24)13-25-22-5-4-6-23(26-22)28-3/h4-12,17H,13-14H2,1-3H3,(H,25,26). The number of fused-ring (bicyclic) bond motifs is 3. The molecule has 2 aromatic heterocycles. The van der Waals surface area contributed by atoms with Gasteiger partial charge in [-0.25, -0.2) is 4.39 Å². The minimum absolute atomic E-state index is 0.180. The molecule has 0 spiro atoms. The molecule has 1 unspecified atom stereocenters. The molecule has 144 valence electrons. The molecule has 1 N–H and O–H groups in total. The third kappa shape index (κ3) is 3.52. The molecule has 0 aliphatic carbocycles. The molecule has 4 rings (SSSR count). The highest BCUT2D eigenvalue weighted by molar-refractivity contribution is 6.08. The number of alkyl halides is 1. The highest BCUT2D eigenvalue weighted by Gasteiger charge is 2.15. The minimum atomic E-state index is -1.06. The van der Waals surface area contributed by atoms with E-state index in [2.05, 4.69) is 65.1 Å². The van der Waals surface area contributed by atoms with Gasteiger partial charge in [-0.05, 0) is 44.2 Å². The Morgan fingerprint density at radius 3 is 2.25 bits per heavy atom. The molecular formula is C23H24FN3O. The maximum absolute atomic E-state index is 14.9. The molecule has 4 nitrogen and oxygen atoms in total. The van der Waals surface area contributed by atoms with Gasteiger partial charge in [0.1, 0.15) is 12.0 Å². The van der Waals surface area contributed by atoms with Crippen molar-refractivity contribution in [3.63, 3.8) is 0 Å². The first-order valence-corrected chi connectivity index (χ1v) is 9.43. The van der Waals surface area contributed by atoms with E-state index >= 15 is 0 Å². The van der Waals surface area contributed by atoms with E-state index in [-0.39, 0.29) is 13.1 Å². The van der Waals surface area contributed by atoms with Gasteiger partial charge in [0.2, 0.25) is 5.88 Å². The first-order chi connectivity index (χ1) is 13.5. The van der Waals surface area contributed by atoms with Crippen molar-refractivity contribution in [2.24, 2.45) is 0 Å². The average molecular weight is 377 g/mol. The molecule has 2 heterocycles. The minimum Gasteiger partial charge on any atom is -0.481 e. The van der Waals surface area contributed by atoms with Crippen molar-refractivity contribution >= 4 is 27.6 Å². The normalized spacial score (nSPS) is 12.4. The molecule has 0 radical (unpaired) electrons. The highest BCUT2D eigenvalue weighted by atomic mass is 19.1. The van der Waals surface area contributed by atoms with Crippen molar-refractivity contribution in [3.05, 3.63) is 65.7 Å². The van der Waals surface area contributed by atoms with Crippen LogP contribution in [0.1, 0.15) is 11.1 Å². The van der Waals surface area contributed by atoms with Crippen LogP contribution in [0.3, 0.4) is 0 Å². The van der Waals surface area contributed by atoms with Gasteiger partial charge in [-0.2, -0.15) is 4.98 Å². The van der Waals surface area contributed by atoms with Crippen molar-refractivity contribution in [2.75, 3.05) is 19.0 Å². The summed E-state index contributed by atoms with van der Waals surface area (Å²) in [6, 6.07) is 18.1. The number of anilines is 1. The molecule has 1 atom stereocenters. The number of hydrogen-bond acceptors (Lipinski definition) is 3. The molecule has 2 aromatic carbocycles. The summed E-state index contributed by atoms with van der Waals surface area (Å²) in [5.41, 5.74) is 4.54. The Balaban J connectivity index is 1.61. The lowest BCUT2D eigenvalue weighted by Crippen LogP contribution is -2.21. The van der Waals surface area contributed by atoms with Crippen LogP contribution >= 0.6 is 0 Å². The van der Waals surface area contributed by atoms with Gasteiger partial charge in [0.15, 0.2) is 0 Å². The van der Waals surface area contributed by atoms with Crippen LogP contribution in [0.4, 0.5) is 10.2 Å². The molecule has 4 aromatic rings. The van der Waals surface area contributed by atoms with E-state index in [0.717, 1.165) is 11.0 Å². The molecule has 5 heteroatoms. The van der Waals surface area contributed by atoms with Gasteiger partial charge in [0.25, 0.3) is 0 Å². The van der Waals surface area contributed by atoms with Gasteiger partial charge < -0.3 is 14.6 Å². The number of aryl methyl sites for hydroxylation is 2. The maximum atomic E-state index is 14.9. The van der Waals surface area contributed by atoms with E-state index in [1.807, 2.05) is 6.07 Å². The van der Waals surface area contributed by atoms with E-state index < -0.39 is 6.17 Å². The molecule has 28 heavy (non-hydrogen) atoms. The predicted molar refractivity (Wildman–Crippen MR) is 113 cm³/mol.